The van der Waals surface area contributed by atoms with E-state index < -0.39 is 0 Å². The summed E-state index contributed by atoms with van der Waals surface area (Å²) in [6.07, 6.45) is 3.00. The van der Waals surface area contributed by atoms with Crippen molar-refractivity contribution in [3.05, 3.63) is 46.7 Å². The molecule has 0 spiro atoms. The molecule has 0 atom stereocenters. The first-order valence-electron chi connectivity index (χ1n) is 6.55. The molecule has 0 radical (unpaired) electrons. The lowest BCUT2D eigenvalue weighted by Gasteiger charge is -2.23. The van der Waals surface area contributed by atoms with Crippen molar-refractivity contribution in [2.24, 2.45) is 0 Å². The number of hydrogen-bond acceptors (Lipinski definition) is 1. The van der Waals surface area contributed by atoms with Gasteiger partial charge in [-0.05, 0) is 35.8 Å². The van der Waals surface area contributed by atoms with Crippen LogP contribution in [-0.2, 0) is 4.79 Å². The molecule has 0 bridgehead atoms. The molecule has 1 fully saturated rings. The number of hydrogen-bond donors (Lipinski definition) is 0. The fraction of sp³-hybridized carbons (Fsp3) is 0.312. The zero-order valence-corrected chi connectivity index (χ0v) is 11.2. The van der Waals surface area contributed by atoms with Crippen molar-refractivity contribution in [3.63, 3.8) is 0 Å². The van der Waals surface area contributed by atoms with Gasteiger partial charge in [-0.2, -0.15) is 0 Å². The Morgan fingerprint density at radius 1 is 1.05 bits per heavy atom. The summed E-state index contributed by atoms with van der Waals surface area (Å²) < 4.78 is 14.0. The highest BCUT2D eigenvalue weighted by atomic mass is 35.5. The first-order valence-corrected chi connectivity index (χ1v) is 6.93. The van der Waals surface area contributed by atoms with Crippen LogP contribution in [0, 0.1) is 5.82 Å². The molecule has 3 heteroatoms. The Morgan fingerprint density at radius 3 is 2.53 bits per heavy atom. The van der Waals surface area contributed by atoms with E-state index in [4.69, 9.17) is 11.6 Å². The molecule has 2 aromatic rings. The van der Waals surface area contributed by atoms with E-state index in [1.807, 2.05) is 18.2 Å². The molecule has 0 N–H and O–H groups in total. The Labute approximate surface area is 116 Å². The number of benzene rings is 2. The second-order valence-corrected chi connectivity index (χ2v) is 5.52. The van der Waals surface area contributed by atoms with Gasteiger partial charge in [0.25, 0.3) is 0 Å². The van der Waals surface area contributed by atoms with Crippen LogP contribution < -0.4 is 0 Å². The van der Waals surface area contributed by atoms with E-state index in [9.17, 15) is 9.18 Å². The highest BCUT2D eigenvalue weighted by molar-refractivity contribution is 6.31. The average Bonchev–Trinajstić information content (AvgIpc) is 2.43. The third-order valence-electron chi connectivity index (χ3n) is 3.97. The molecular formula is C16H14ClFO. The van der Waals surface area contributed by atoms with Crippen molar-refractivity contribution in [2.45, 2.75) is 31.6 Å². The SMILES string of the molecule is O=C1CCC(c2cccc3c(F)c(Cl)ccc23)CC1. The zero-order chi connectivity index (χ0) is 13.4. The molecule has 1 saturated carbocycles. The molecule has 0 saturated heterocycles. The summed E-state index contributed by atoms with van der Waals surface area (Å²) in [6.45, 7) is 0. The normalized spacial score (nSPS) is 17.1. The summed E-state index contributed by atoms with van der Waals surface area (Å²) in [6, 6.07) is 9.15. The van der Waals surface area contributed by atoms with E-state index in [1.54, 1.807) is 12.1 Å². The van der Waals surface area contributed by atoms with Crippen LogP contribution in [0.25, 0.3) is 10.8 Å². The molecule has 0 aliphatic heterocycles. The first-order chi connectivity index (χ1) is 9.16. The van der Waals surface area contributed by atoms with Gasteiger partial charge in [0, 0.05) is 18.2 Å². The maximum Gasteiger partial charge on any atom is 0.149 e. The van der Waals surface area contributed by atoms with Crippen molar-refractivity contribution in [3.8, 4) is 0 Å². The molecule has 2 aromatic carbocycles. The monoisotopic (exact) mass is 276 g/mol. The summed E-state index contributed by atoms with van der Waals surface area (Å²) >= 11 is 5.83. The van der Waals surface area contributed by atoms with Crippen LogP contribution in [0.4, 0.5) is 4.39 Å². The average molecular weight is 277 g/mol. The fourth-order valence-corrected chi connectivity index (χ4v) is 3.09. The molecule has 0 aromatic heterocycles. The number of fused-ring (bicyclic) bond motifs is 1. The maximum absolute atomic E-state index is 14.0. The molecule has 1 aliphatic rings. The lowest BCUT2D eigenvalue weighted by atomic mass is 9.81. The van der Waals surface area contributed by atoms with E-state index >= 15 is 0 Å². The fourth-order valence-electron chi connectivity index (χ4n) is 2.93. The Kier molecular flexibility index (Phi) is 3.28. The molecule has 3 rings (SSSR count). The minimum absolute atomic E-state index is 0.156. The zero-order valence-electron chi connectivity index (χ0n) is 10.5. The van der Waals surface area contributed by atoms with Crippen molar-refractivity contribution < 1.29 is 9.18 Å². The second kappa shape index (κ2) is 4.93. The van der Waals surface area contributed by atoms with Gasteiger partial charge in [-0.25, -0.2) is 4.39 Å². The molecule has 19 heavy (non-hydrogen) atoms. The lowest BCUT2D eigenvalue weighted by molar-refractivity contribution is -0.120. The molecular weight excluding hydrogens is 263 g/mol. The molecule has 0 heterocycles. The van der Waals surface area contributed by atoms with Crippen molar-refractivity contribution >= 4 is 28.2 Å². The molecule has 1 nitrogen and oxygen atoms in total. The first kappa shape index (κ1) is 12.6. The minimum Gasteiger partial charge on any atom is -0.300 e. The third kappa shape index (κ3) is 2.25. The summed E-state index contributed by atoms with van der Waals surface area (Å²) in [4.78, 5) is 11.3. The van der Waals surface area contributed by atoms with Gasteiger partial charge in [0.1, 0.15) is 11.6 Å². The molecule has 0 unspecified atom stereocenters. The summed E-state index contributed by atoms with van der Waals surface area (Å²) in [5, 5.41) is 1.65. The van der Waals surface area contributed by atoms with E-state index in [1.165, 1.54) is 0 Å². The van der Waals surface area contributed by atoms with Crippen LogP contribution in [0.1, 0.15) is 37.2 Å². The lowest BCUT2D eigenvalue weighted by Crippen LogP contribution is -2.12. The number of halogens is 2. The molecule has 98 valence electrons. The van der Waals surface area contributed by atoms with Crippen LogP contribution in [0.15, 0.2) is 30.3 Å². The quantitative estimate of drug-likeness (QED) is 0.727. The van der Waals surface area contributed by atoms with Crippen LogP contribution in [0.5, 0.6) is 0 Å². The number of Topliss-reactive ketones (excluding diaryl/α,β-unsaturated/α-hetero) is 1. The van der Waals surface area contributed by atoms with Crippen LogP contribution >= 0.6 is 11.6 Å². The van der Waals surface area contributed by atoms with Crippen LogP contribution in [0.2, 0.25) is 5.02 Å². The van der Waals surface area contributed by atoms with Gasteiger partial charge < -0.3 is 0 Å². The Balaban J connectivity index is 2.09. The Bertz CT molecular complexity index is 640. The van der Waals surface area contributed by atoms with E-state index in [0.29, 0.717) is 29.9 Å². The standard InChI is InChI=1S/C16H14ClFO/c17-15-9-8-13-12(2-1-3-14(13)16(15)18)10-4-6-11(19)7-5-10/h1-3,8-10H,4-7H2. The predicted molar refractivity (Wildman–Crippen MR) is 75.1 cm³/mol. The van der Waals surface area contributed by atoms with Gasteiger partial charge in [0.05, 0.1) is 5.02 Å². The van der Waals surface area contributed by atoms with Gasteiger partial charge in [-0.1, -0.05) is 35.9 Å². The second-order valence-electron chi connectivity index (χ2n) is 5.12. The van der Waals surface area contributed by atoms with Gasteiger partial charge in [-0.15, -0.1) is 0 Å². The van der Waals surface area contributed by atoms with Gasteiger partial charge >= 0.3 is 0 Å². The Hall–Kier alpha value is -1.41. The largest absolute Gasteiger partial charge is 0.300 e. The Morgan fingerprint density at radius 2 is 1.79 bits per heavy atom. The summed E-state index contributed by atoms with van der Waals surface area (Å²) in [7, 11) is 0. The number of carbonyl (C=O) groups excluding carboxylic acids is 1. The van der Waals surface area contributed by atoms with Gasteiger partial charge in [0.15, 0.2) is 0 Å². The summed E-state index contributed by atoms with van der Waals surface area (Å²) in [5.41, 5.74) is 1.14. The van der Waals surface area contributed by atoms with E-state index in [-0.39, 0.29) is 10.8 Å². The number of rotatable bonds is 1. The van der Waals surface area contributed by atoms with Gasteiger partial charge in [-0.3, -0.25) is 4.79 Å². The van der Waals surface area contributed by atoms with Crippen molar-refractivity contribution in [1.82, 2.24) is 0 Å². The minimum atomic E-state index is -0.354. The van der Waals surface area contributed by atoms with Gasteiger partial charge in [0.2, 0.25) is 0 Å². The van der Waals surface area contributed by atoms with Crippen LogP contribution in [-0.4, -0.2) is 5.78 Å². The smallest absolute Gasteiger partial charge is 0.149 e. The number of carbonyl (C=O) groups is 1. The van der Waals surface area contributed by atoms with E-state index in [0.717, 1.165) is 23.8 Å². The van der Waals surface area contributed by atoms with E-state index in [2.05, 4.69) is 0 Å². The molecule has 1 aliphatic carbocycles. The topological polar surface area (TPSA) is 17.1 Å². The maximum atomic E-state index is 14.0. The third-order valence-corrected chi connectivity index (χ3v) is 4.26. The van der Waals surface area contributed by atoms with Crippen molar-refractivity contribution in [1.29, 1.82) is 0 Å². The highest BCUT2D eigenvalue weighted by Crippen LogP contribution is 2.36. The highest BCUT2D eigenvalue weighted by Gasteiger charge is 2.22. The van der Waals surface area contributed by atoms with Crippen molar-refractivity contribution in [2.75, 3.05) is 0 Å². The predicted octanol–water partition coefficient (Wildman–Crippen LogP) is 4.86. The summed E-state index contributed by atoms with van der Waals surface area (Å²) in [5.74, 6) is 0.334. The molecule has 0 amide bonds. The van der Waals surface area contributed by atoms with Crippen LogP contribution in [0.3, 0.4) is 0 Å². The number of ketones is 1.